The van der Waals surface area contributed by atoms with Gasteiger partial charge in [0, 0.05) is 37.4 Å². The van der Waals surface area contributed by atoms with Crippen molar-refractivity contribution in [2.45, 2.75) is 0 Å². The zero-order valence-corrected chi connectivity index (χ0v) is 15.3. The maximum atomic E-state index is 12.8. The second-order valence-electron chi connectivity index (χ2n) is 6.19. The summed E-state index contributed by atoms with van der Waals surface area (Å²) in [5.41, 5.74) is 1.78. The minimum atomic E-state index is -0.405. The lowest BCUT2D eigenvalue weighted by atomic mass is 10.2. The number of imidazole rings is 2. The summed E-state index contributed by atoms with van der Waals surface area (Å²) >= 11 is 1.48. The number of hydrogen-bond acceptors (Lipinski definition) is 5. The standard InChI is InChI=1S/C18H14N6O2S/c1-21-14-13(15(25)22(2)18(21)26)23-10-12(11-6-4-3-5-7-11)24(16(23)20-14)17-19-8-9-27-17/h3-10H,1-2H3. The van der Waals surface area contributed by atoms with Crippen LogP contribution in [-0.4, -0.2) is 28.1 Å². The van der Waals surface area contributed by atoms with Crippen molar-refractivity contribution in [1.29, 1.82) is 0 Å². The van der Waals surface area contributed by atoms with Crippen molar-refractivity contribution in [3.8, 4) is 16.4 Å². The lowest BCUT2D eigenvalue weighted by molar-refractivity contribution is 0.708. The van der Waals surface area contributed by atoms with Gasteiger partial charge in [-0.3, -0.25) is 22.9 Å². The molecule has 8 nitrogen and oxygen atoms in total. The van der Waals surface area contributed by atoms with Crippen LogP contribution < -0.4 is 11.2 Å². The summed E-state index contributed by atoms with van der Waals surface area (Å²) in [5, 5.41) is 2.62. The van der Waals surface area contributed by atoms with E-state index in [-0.39, 0.29) is 5.56 Å². The molecule has 5 rings (SSSR count). The van der Waals surface area contributed by atoms with Gasteiger partial charge in [0.15, 0.2) is 16.3 Å². The van der Waals surface area contributed by atoms with Gasteiger partial charge in [-0.05, 0) is 0 Å². The summed E-state index contributed by atoms with van der Waals surface area (Å²) in [6.07, 6.45) is 3.59. The summed E-state index contributed by atoms with van der Waals surface area (Å²) in [5.74, 6) is 0.539. The first-order valence-corrected chi connectivity index (χ1v) is 9.10. The van der Waals surface area contributed by atoms with E-state index in [4.69, 9.17) is 0 Å². The molecule has 0 unspecified atom stereocenters. The van der Waals surface area contributed by atoms with E-state index in [0.717, 1.165) is 21.0 Å². The van der Waals surface area contributed by atoms with E-state index in [9.17, 15) is 9.59 Å². The number of rotatable bonds is 2. The summed E-state index contributed by atoms with van der Waals surface area (Å²) in [7, 11) is 3.09. The van der Waals surface area contributed by atoms with Crippen molar-refractivity contribution in [2.75, 3.05) is 0 Å². The first-order valence-electron chi connectivity index (χ1n) is 8.22. The predicted octanol–water partition coefficient (Wildman–Crippen LogP) is 1.80. The van der Waals surface area contributed by atoms with E-state index >= 15 is 0 Å². The number of benzene rings is 1. The quantitative estimate of drug-likeness (QED) is 0.469. The third-order valence-electron chi connectivity index (χ3n) is 4.65. The van der Waals surface area contributed by atoms with Crippen LogP contribution in [0.4, 0.5) is 0 Å². The molecular formula is C18H14N6O2S. The molecule has 0 fully saturated rings. The van der Waals surface area contributed by atoms with Crippen LogP contribution in [0.2, 0.25) is 0 Å². The molecule has 0 saturated carbocycles. The zero-order chi connectivity index (χ0) is 18.7. The third-order valence-corrected chi connectivity index (χ3v) is 5.40. The summed E-state index contributed by atoms with van der Waals surface area (Å²) in [4.78, 5) is 34.1. The molecule has 0 radical (unpaired) electrons. The Labute approximate surface area is 156 Å². The lowest BCUT2D eigenvalue weighted by Gasteiger charge is -2.05. The first-order chi connectivity index (χ1) is 13.1. The van der Waals surface area contributed by atoms with Crippen LogP contribution in [0.5, 0.6) is 0 Å². The van der Waals surface area contributed by atoms with Crippen LogP contribution in [0.1, 0.15) is 0 Å². The Morgan fingerprint density at radius 1 is 1.04 bits per heavy atom. The Kier molecular flexibility index (Phi) is 3.22. The molecule has 5 aromatic rings. The van der Waals surface area contributed by atoms with Gasteiger partial charge in [0.1, 0.15) is 0 Å². The van der Waals surface area contributed by atoms with E-state index < -0.39 is 5.69 Å². The number of aromatic nitrogens is 6. The molecular weight excluding hydrogens is 364 g/mol. The van der Waals surface area contributed by atoms with E-state index in [0.29, 0.717) is 16.9 Å². The smallest absolute Gasteiger partial charge is 0.279 e. The fraction of sp³-hybridized carbons (Fsp3) is 0.111. The number of thiazole rings is 1. The molecule has 4 aromatic heterocycles. The average molecular weight is 378 g/mol. The van der Waals surface area contributed by atoms with E-state index in [1.54, 1.807) is 17.6 Å². The summed E-state index contributed by atoms with van der Waals surface area (Å²) in [6, 6.07) is 9.85. The van der Waals surface area contributed by atoms with E-state index in [1.165, 1.54) is 23.0 Å². The molecule has 134 valence electrons. The molecule has 1 aromatic carbocycles. The van der Waals surface area contributed by atoms with Crippen molar-refractivity contribution >= 4 is 28.3 Å². The lowest BCUT2D eigenvalue weighted by Crippen LogP contribution is -2.37. The monoisotopic (exact) mass is 378 g/mol. The van der Waals surface area contributed by atoms with Crippen molar-refractivity contribution in [1.82, 2.24) is 28.1 Å². The zero-order valence-electron chi connectivity index (χ0n) is 14.5. The van der Waals surface area contributed by atoms with Crippen LogP contribution in [-0.2, 0) is 14.1 Å². The Hall–Kier alpha value is -3.46. The Balaban J connectivity index is 2.00. The molecule has 0 aliphatic heterocycles. The Bertz CT molecular complexity index is 1420. The summed E-state index contributed by atoms with van der Waals surface area (Å²) < 4.78 is 6.13. The second-order valence-corrected chi connectivity index (χ2v) is 7.06. The fourth-order valence-electron chi connectivity index (χ4n) is 3.30. The highest BCUT2D eigenvalue weighted by molar-refractivity contribution is 7.12. The average Bonchev–Trinajstić information content (AvgIpc) is 3.40. The van der Waals surface area contributed by atoms with Crippen LogP contribution in [0, 0.1) is 0 Å². The molecule has 0 amide bonds. The highest BCUT2D eigenvalue weighted by Gasteiger charge is 2.22. The van der Waals surface area contributed by atoms with E-state index in [2.05, 4.69) is 9.97 Å². The second kappa shape index (κ2) is 5.52. The van der Waals surface area contributed by atoms with Crippen LogP contribution >= 0.6 is 11.3 Å². The van der Waals surface area contributed by atoms with Crippen molar-refractivity contribution in [3.05, 3.63) is 68.9 Å². The van der Waals surface area contributed by atoms with Gasteiger partial charge in [0.05, 0.1) is 5.69 Å². The van der Waals surface area contributed by atoms with Gasteiger partial charge in [-0.15, -0.1) is 11.3 Å². The topological polar surface area (TPSA) is 79.1 Å². The van der Waals surface area contributed by atoms with Crippen LogP contribution in [0.15, 0.2) is 57.7 Å². The van der Waals surface area contributed by atoms with Gasteiger partial charge in [0.2, 0.25) is 5.78 Å². The van der Waals surface area contributed by atoms with Crippen LogP contribution in [0.3, 0.4) is 0 Å². The number of fused-ring (bicyclic) bond motifs is 3. The number of nitrogens with zero attached hydrogens (tertiary/aromatic N) is 6. The van der Waals surface area contributed by atoms with Gasteiger partial charge in [-0.1, -0.05) is 30.3 Å². The SMILES string of the molecule is Cn1c(=O)c2c(nc3n(-c4nccs4)c(-c4ccccc4)cn23)n(C)c1=O. The number of aryl methyl sites for hydroxylation is 1. The fourth-order valence-corrected chi connectivity index (χ4v) is 3.95. The molecule has 4 heterocycles. The van der Waals surface area contributed by atoms with Gasteiger partial charge < -0.3 is 0 Å². The minimum absolute atomic E-state index is 0.350. The molecule has 0 aliphatic rings. The maximum Gasteiger partial charge on any atom is 0.332 e. The van der Waals surface area contributed by atoms with Gasteiger partial charge in [-0.25, -0.2) is 9.78 Å². The Morgan fingerprint density at radius 3 is 2.52 bits per heavy atom. The van der Waals surface area contributed by atoms with Gasteiger partial charge in [0.25, 0.3) is 5.56 Å². The molecule has 0 atom stereocenters. The first kappa shape index (κ1) is 15.8. The predicted molar refractivity (Wildman–Crippen MR) is 104 cm³/mol. The van der Waals surface area contributed by atoms with Crippen LogP contribution in [0.25, 0.3) is 33.3 Å². The third kappa shape index (κ3) is 2.08. The Morgan fingerprint density at radius 2 is 1.81 bits per heavy atom. The summed E-state index contributed by atoms with van der Waals surface area (Å²) in [6.45, 7) is 0. The minimum Gasteiger partial charge on any atom is -0.279 e. The largest absolute Gasteiger partial charge is 0.332 e. The normalized spacial score (nSPS) is 11.6. The molecule has 0 aliphatic carbocycles. The molecule has 0 spiro atoms. The molecule has 0 saturated heterocycles. The highest BCUT2D eigenvalue weighted by Crippen LogP contribution is 2.29. The molecule has 0 N–H and O–H groups in total. The highest BCUT2D eigenvalue weighted by atomic mass is 32.1. The maximum absolute atomic E-state index is 12.8. The van der Waals surface area contributed by atoms with Crippen molar-refractivity contribution in [3.63, 3.8) is 0 Å². The number of hydrogen-bond donors (Lipinski definition) is 0. The van der Waals surface area contributed by atoms with Crippen molar-refractivity contribution < 1.29 is 0 Å². The van der Waals surface area contributed by atoms with Gasteiger partial charge in [-0.2, -0.15) is 4.98 Å². The van der Waals surface area contributed by atoms with Gasteiger partial charge >= 0.3 is 5.69 Å². The molecule has 9 heteroatoms. The molecule has 0 bridgehead atoms. The van der Waals surface area contributed by atoms with E-state index in [1.807, 2.05) is 46.5 Å². The molecule has 27 heavy (non-hydrogen) atoms. The van der Waals surface area contributed by atoms with Crippen molar-refractivity contribution in [2.24, 2.45) is 14.1 Å².